The maximum Gasteiger partial charge on any atom is 0.125 e. The number of hydrogen-bond acceptors (Lipinski definition) is 2. The highest BCUT2D eigenvalue weighted by molar-refractivity contribution is 5.35. The van der Waals surface area contributed by atoms with Crippen LogP contribution in [0.2, 0.25) is 0 Å². The van der Waals surface area contributed by atoms with Crippen LogP contribution in [0.15, 0.2) is 11.6 Å². The van der Waals surface area contributed by atoms with Gasteiger partial charge in [-0.05, 0) is 11.3 Å². The molecule has 0 radical (unpaired) electrons. The van der Waals surface area contributed by atoms with Gasteiger partial charge in [0.1, 0.15) is 17.7 Å². The lowest BCUT2D eigenvalue weighted by Gasteiger charge is -2.23. The Morgan fingerprint density at radius 1 is 1.25 bits per heavy atom. The molecule has 0 aromatic carbocycles. The van der Waals surface area contributed by atoms with Crippen molar-refractivity contribution in [3.8, 4) is 12.1 Å². The second-order valence-electron chi connectivity index (χ2n) is 3.96. The van der Waals surface area contributed by atoms with Crippen molar-refractivity contribution in [2.45, 2.75) is 27.7 Å². The van der Waals surface area contributed by atoms with Crippen molar-refractivity contribution in [3.05, 3.63) is 11.6 Å². The summed E-state index contributed by atoms with van der Waals surface area (Å²) in [5.74, 6) is 0.242. The Hall–Kier alpha value is -1.28. The standard InChI is InChI=1S/C10H14N2/c1-8(10(2,3)4)5-9(6-11)7-12/h5,8H,1-4H3. The van der Waals surface area contributed by atoms with Crippen LogP contribution in [0.5, 0.6) is 0 Å². The number of nitrogens with zero attached hydrogens (tertiary/aromatic N) is 2. The zero-order valence-electron chi connectivity index (χ0n) is 8.05. The van der Waals surface area contributed by atoms with Crippen molar-refractivity contribution in [1.82, 2.24) is 0 Å². The number of rotatable bonds is 1. The van der Waals surface area contributed by atoms with Crippen LogP contribution in [0.1, 0.15) is 27.7 Å². The van der Waals surface area contributed by atoms with Crippen LogP contribution in [0, 0.1) is 34.0 Å². The van der Waals surface area contributed by atoms with Gasteiger partial charge in [-0.15, -0.1) is 0 Å². The summed E-state index contributed by atoms with van der Waals surface area (Å²) in [6, 6.07) is 3.71. The smallest absolute Gasteiger partial charge is 0.125 e. The highest BCUT2D eigenvalue weighted by Crippen LogP contribution is 2.26. The van der Waals surface area contributed by atoms with Crippen LogP contribution in [0.3, 0.4) is 0 Å². The maximum atomic E-state index is 8.50. The van der Waals surface area contributed by atoms with Crippen LogP contribution in [-0.2, 0) is 0 Å². The van der Waals surface area contributed by atoms with Crippen molar-refractivity contribution >= 4 is 0 Å². The predicted octanol–water partition coefficient (Wildman–Crippen LogP) is 2.64. The van der Waals surface area contributed by atoms with E-state index in [4.69, 9.17) is 10.5 Å². The fourth-order valence-corrected chi connectivity index (χ4v) is 0.600. The summed E-state index contributed by atoms with van der Waals surface area (Å²) in [4.78, 5) is 0. The Balaban J connectivity index is 4.58. The predicted molar refractivity (Wildman–Crippen MR) is 47.9 cm³/mol. The molecule has 64 valence electrons. The third-order valence-corrected chi connectivity index (χ3v) is 2.02. The molecule has 12 heavy (non-hydrogen) atoms. The minimum absolute atomic E-state index is 0.110. The number of hydrogen-bond donors (Lipinski definition) is 0. The minimum Gasteiger partial charge on any atom is -0.192 e. The zero-order valence-corrected chi connectivity index (χ0v) is 8.05. The largest absolute Gasteiger partial charge is 0.192 e. The third-order valence-electron chi connectivity index (χ3n) is 2.02. The highest BCUT2D eigenvalue weighted by atomic mass is 14.3. The Kier molecular flexibility index (Phi) is 3.51. The molecule has 1 unspecified atom stereocenters. The zero-order chi connectivity index (χ0) is 9.78. The van der Waals surface area contributed by atoms with E-state index in [1.807, 2.05) is 19.1 Å². The van der Waals surface area contributed by atoms with Gasteiger partial charge in [0, 0.05) is 0 Å². The van der Waals surface area contributed by atoms with E-state index in [0.717, 1.165) is 0 Å². The molecule has 0 aromatic rings. The van der Waals surface area contributed by atoms with E-state index >= 15 is 0 Å². The van der Waals surface area contributed by atoms with Crippen LogP contribution in [0.4, 0.5) is 0 Å². The summed E-state index contributed by atoms with van der Waals surface area (Å²) in [5, 5.41) is 17.0. The minimum atomic E-state index is 0.110. The molecule has 0 aromatic heterocycles. The van der Waals surface area contributed by atoms with Crippen LogP contribution in [0.25, 0.3) is 0 Å². The Labute approximate surface area is 74.1 Å². The van der Waals surface area contributed by atoms with Gasteiger partial charge in [0.05, 0.1) is 0 Å². The van der Waals surface area contributed by atoms with E-state index in [1.165, 1.54) is 0 Å². The van der Waals surface area contributed by atoms with E-state index in [2.05, 4.69) is 20.8 Å². The van der Waals surface area contributed by atoms with Gasteiger partial charge in [0.15, 0.2) is 0 Å². The lowest BCUT2D eigenvalue weighted by atomic mass is 9.81. The summed E-state index contributed by atoms with van der Waals surface area (Å²) in [6.45, 7) is 8.26. The fourth-order valence-electron chi connectivity index (χ4n) is 0.600. The summed E-state index contributed by atoms with van der Waals surface area (Å²) < 4.78 is 0. The van der Waals surface area contributed by atoms with Crippen LogP contribution < -0.4 is 0 Å². The topological polar surface area (TPSA) is 47.6 Å². The normalized spacial score (nSPS) is 12.5. The van der Waals surface area contributed by atoms with Crippen molar-refractivity contribution in [2.75, 3.05) is 0 Å². The quantitative estimate of drug-likeness (QED) is 0.556. The van der Waals surface area contributed by atoms with Crippen molar-refractivity contribution in [3.63, 3.8) is 0 Å². The van der Waals surface area contributed by atoms with Crippen molar-refractivity contribution in [1.29, 1.82) is 10.5 Å². The first kappa shape index (κ1) is 10.7. The van der Waals surface area contributed by atoms with Gasteiger partial charge in [-0.25, -0.2) is 0 Å². The summed E-state index contributed by atoms with van der Waals surface area (Å²) >= 11 is 0. The highest BCUT2D eigenvalue weighted by Gasteiger charge is 2.18. The van der Waals surface area contributed by atoms with E-state index in [0.29, 0.717) is 0 Å². The van der Waals surface area contributed by atoms with Gasteiger partial charge < -0.3 is 0 Å². The maximum absolute atomic E-state index is 8.50. The molecule has 0 saturated heterocycles. The molecule has 0 fully saturated rings. The Bertz CT molecular complexity index is 239. The molecule has 0 amide bonds. The van der Waals surface area contributed by atoms with E-state index in [-0.39, 0.29) is 16.9 Å². The molecular weight excluding hydrogens is 148 g/mol. The van der Waals surface area contributed by atoms with Crippen LogP contribution >= 0.6 is 0 Å². The first-order valence-corrected chi connectivity index (χ1v) is 3.94. The molecule has 0 spiro atoms. The first-order valence-electron chi connectivity index (χ1n) is 3.94. The first-order chi connectivity index (χ1) is 5.41. The lowest BCUT2D eigenvalue weighted by Crippen LogP contribution is -2.15. The van der Waals surface area contributed by atoms with Gasteiger partial charge in [0.2, 0.25) is 0 Å². The van der Waals surface area contributed by atoms with Gasteiger partial charge in [-0.2, -0.15) is 10.5 Å². The molecular formula is C10H14N2. The fraction of sp³-hybridized carbons (Fsp3) is 0.600. The van der Waals surface area contributed by atoms with Crippen molar-refractivity contribution < 1.29 is 0 Å². The molecule has 0 aliphatic rings. The monoisotopic (exact) mass is 162 g/mol. The molecule has 0 N–H and O–H groups in total. The summed E-state index contributed by atoms with van der Waals surface area (Å²) in [7, 11) is 0. The van der Waals surface area contributed by atoms with Gasteiger partial charge in [-0.1, -0.05) is 33.8 Å². The Morgan fingerprint density at radius 3 is 1.92 bits per heavy atom. The molecule has 0 saturated carbocycles. The molecule has 0 bridgehead atoms. The average molecular weight is 162 g/mol. The summed E-state index contributed by atoms with van der Waals surface area (Å²) in [6.07, 6.45) is 1.72. The SMILES string of the molecule is CC(C=C(C#N)C#N)C(C)(C)C. The van der Waals surface area contributed by atoms with Gasteiger partial charge in [0.25, 0.3) is 0 Å². The molecule has 0 rings (SSSR count). The molecule has 0 aliphatic heterocycles. The van der Waals surface area contributed by atoms with E-state index in [9.17, 15) is 0 Å². The number of nitriles is 2. The molecule has 2 heteroatoms. The average Bonchev–Trinajstić information content (AvgIpc) is 1.97. The summed E-state index contributed by atoms with van der Waals surface area (Å²) in [5.41, 5.74) is 0.316. The van der Waals surface area contributed by atoms with Gasteiger partial charge in [-0.3, -0.25) is 0 Å². The van der Waals surface area contributed by atoms with Crippen LogP contribution in [-0.4, -0.2) is 0 Å². The lowest BCUT2D eigenvalue weighted by molar-refractivity contribution is 0.314. The number of allylic oxidation sites excluding steroid dienone is 2. The molecule has 0 aliphatic carbocycles. The Morgan fingerprint density at radius 2 is 1.67 bits per heavy atom. The molecule has 2 nitrogen and oxygen atoms in total. The second-order valence-corrected chi connectivity index (χ2v) is 3.96. The van der Waals surface area contributed by atoms with E-state index in [1.54, 1.807) is 6.08 Å². The molecule has 0 heterocycles. The third kappa shape index (κ3) is 3.21. The van der Waals surface area contributed by atoms with Crippen molar-refractivity contribution in [2.24, 2.45) is 11.3 Å². The van der Waals surface area contributed by atoms with Gasteiger partial charge >= 0.3 is 0 Å². The molecule has 1 atom stereocenters. The van der Waals surface area contributed by atoms with E-state index < -0.39 is 0 Å². The second kappa shape index (κ2) is 3.93.